The van der Waals surface area contributed by atoms with Gasteiger partial charge in [0.2, 0.25) is 0 Å². The smallest absolute Gasteiger partial charge is 0.247 e. The van der Waals surface area contributed by atoms with Gasteiger partial charge in [-0.15, -0.1) is 69.6 Å². The quantitative estimate of drug-likeness (QED) is 0.568. The summed E-state index contributed by atoms with van der Waals surface area (Å²) in [5, 5.41) is 0. The summed E-state index contributed by atoms with van der Waals surface area (Å²) in [6, 6.07) is 0. The van der Waals surface area contributed by atoms with Gasteiger partial charge in [0.15, 0.2) is 0 Å². The van der Waals surface area contributed by atoms with Gasteiger partial charge in [-0.05, 0) is 19.3 Å². The maximum atomic E-state index is 12.8. The summed E-state index contributed by atoms with van der Waals surface area (Å²) in [6.07, 6.45) is 1.39. The van der Waals surface area contributed by atoms with E-state index in [4.69, 9.17) is 69.6 Å². The number of aromatic nitrogens is 3. The summed E-state index contributed by atoms with van der Waals surface area (Å²) >= 11 is 36.2. The molecule has 27 heavy (non-hydrogen) atoms. The summed E-state index contributed by atoms with van der Waals surface area (Å²) < 4.78 is 0.0986. The van der Waals surface area contributed by atoms with Crippen LogP contribution in [0.4, 0.5) is 0 Å². The summed E-state index contributed by atoms with van der Waals surface area (Å²) in [4.78, 5) is 38.5. The predicted molar refractivity (Wildman–Crippen MR) is 107 cm³/mol. The molecule has 0 amide bonds. The van der Waals surface area contributed by atoms with Crippen molar-refractivity contribution in [2.24, 2.45) is 17.8 Å². The van der Waals surface area contributed by atoms with Gasteiger partial charge in [-0.2, -0.15) is 0 Å². The van der Waals surface area contributed by atoms with Gasteiger partial charge in [-0.3, -0.25) is 0 Å². The number of nitrogens with zero attached hydrogens (tertiary/aromatic N) is 3. The molecule has 0 aromatic carbocycles. The number of rotatable bonds is 6. The van der Waals surface area contributed by atoms with Crippen LogP contribution in [0.25, 0.3) is 0 Å². The highest BCUT2D eigenvalue weighted by Crippen LogP contribution is 2.55. The van der Waals surface area contributed by atoms with Crippen LogP contribution in [0.3, 0.4) is 0 Å². The summed E-state index contributed by atoms with van der Waals surface area (Å²) in [7, 11) is 0. The van der Waals surface area contributed by atoms with E-state index in [9.17, 15) is 14.4 Å². The molecule has 4 rings (SSSR count). The third kappa shape index (κ3) is 3.82. The Bertz CT molecular complexity index is 824. The molecule has 1 aromatic heterocycles. The molecule has 0 spiro atoms. The average Bonchev–Trinajstić information content (AvgIpc) is 3.45. The molecule has 3 atom stereocenters. The zero-order valence-electron chi connectivity index (χ0n) is 13.8. The van der Waals surface area contributed by atoms with Crippen molar-refractivity contribution in [1.82, 2.24) is 13.7 Å². The van der Waals surface area contributed by atoms with Crippen molar-refractivity contribution in [3.05, 3.63) is 31.5 Å². The standard InChI is InChI=1S/C15H15Cl6N3O3/c16-13(17)1-7(13)4-22-10(25)23(5-8-2-14(8,18)19)12(27)24(11(22)26)6-9-3-15(9,20)21/h7-9H,1-6H2. The molecule has 3 aliphatic rings. The van der Waals surface area contributed by atoms with E-state index in [1.54, 1.807) is 0 Å². The Morgan fingerprint density at radius 1 is 0.593 bits per heavy atom. The van der Waals surface area contributed by atoms with Crippen molar-refractivity contribution in [2.45, 2.75) is 51.9 Å². The Morgan fingerprint density at radius 2 is 0.778 bits per heavy atom. The fourth-order valence-corrected chi connectivity index (χ4v) is 4.75. The van der Waals surface area contributed by atoms with Crippen LogP contribution in [0.15, 0.2) is 14.4 Å². The lowest BCUT2D eigenvalue weighted by Crippen LogP contribution is -2.55. The molecule has 150 valence electrons. The monoisotopic (exact) mass is 495 g/mol. The van der Waals surface area contributed by atoms with Crippen LogP contribution < -0.4 is 17.1 Å². The maximum Gasteiger partial charge on any atom is 0.336 e. The van der Waals surface area contributed by atoms with E-state index in [0.717, 1.165) is 13.7 Å². The normalized spacial score (nSPS) is 31.6. The lowest BCUT2D eigenvalue weighted by atomic mass is 10.4. The van der Waals surface area contributed by atoms with E-state index in [2.05, 4.69) is 0 Å². The first-order chi connectivity index (χ1) is 12.3. The molecule has 1 aromatic rings. The van der Waals surface area contributed by atoms with Gasteiger partial charge in [-0.25, -0.2) is 28.1 Å². The van der Waals surface area contributed by atoms with Crippen LogP contribution in [0.5, 0.6) is 0 Å². The van der Waals surface area contributed by atoms with E-state index in [-0.39, 0.29) is 37.4 Å². The van der Waals surface area contributed by atoms with Gasteiger partial charge in [0.05, 0.1) is 0 Å². The minimum absolute atomic E-state index is 0.0278. The van der Waals surface area contributed by atoms with Gasteiger partial charge < -0.3 is 0 Å². The topological polar surface area (TPSA) is 66.0 Å². The summed E-state index contributed by atoms with van der Waals surface area (Å²) in [5.74, 6) is -0.728. The maximum absolute atomic E-state index is 12.8. The highest BCUT2D eigenvalue weighted by Gasteiger charge is 2.54. The molecule has 3 fully saturated rings. The van der Waals surface area contributed by atoms with Crippen LogP contribution in [0.2, 0.25) is 0 Å². The van der Waals surface area contributed by atoms with Crippen LogP contribution in [0.1, 0.15) is 19.3 Å². The van der Waals surface area contributed by atoms with Crippen LogP contribution in [-0.4, -0.2) is 26.7 Å². The molecule has 0 N–H and O–H groups in total. The van der Waals surface area contributed by atoms with Crippen molar-refractivity contribution in [2.75, 3.05) is 0 Å². The van der Waals surface area contributed by atoms with Crippen molar-refractivity contribution in [1.29, 1.82) is 0 Å². The number of hydrogen-bond acceptors (Lipinski definition) is 3. The third-order valence-electron chi connectivity index (χ3n) is 5.46. The van der Waals surface area contributed by atoms with E-state index in [1.807, 2.05) is 0 Å². The lowest BCUT2D eigenvalue weighted by Gasteiger charge is -2.14. The molecule has 3 unspecified atom stereocenters. The Kier molecular flexibility index (Phi) is 4.78. The average molecular weight is 498 g/mol. The van der Waals surface area contributed by atoms with E-state index >= 15 is 0 Å². The minimum atomic E-state index is -0.965. The van der Waals surface area contributed by atoms with Crippen molar-refractivity contribution in [3.63, 3.8) is 0 Å². The molecule has 0 bridgehead atoms. The molecular weight excluding hydrogens is 483 g/mol. The van der Waals surface area contributed by atoms with E-state index < -0.39 is 30.1 Å². The first-order valence-corrected chi connectivity index (χ1v) is 10.7. The van der Waals surface area contributed by atoms with Gasteiger partial charge >= 0.3 is 17.1 Å². The van der Waals surface area contributed by atoms with Gasteiger partial charge in [0.1, 0.15) is 13.0 Å². The molecule has 3 aliphatic carbocycles. The Morgan fingerprint density at radius 3 is 0.926 bits per heavy atom. The zero-order valence-corrected chi connectivity index (χ0v) is 18.3. The number of halogens is 6. The van der Waals surface area contributed by atoms with Crippen molar-refractivity contribution >= 4 is 69.6 Å². The van der Waals surface area contributed by atoms with Gasteiger partial charge in [0, 0.05) is 37.4 Å². The van der Waals surface area contributed by atoms with Crippen LogP contribution in [0, 0.1) is 17.8 Å². The van der Waals surface area contributed by atoms with Gasteiger partial charge in [-0.1, -0.05) is 0 Å². The molecule has 3 saturated carbocycles. The van der Waals surface area contributed by atoms with E-state index in [1.165, 1.54) is 0 Å². The number of alkyl halides is 6. The predicted octanol–water partition coefficient (Wildman–Crippen LogP) is 2.75. The van der Waals surface area contributed by atoms with E-state index in [0.29, 0.717) is 19.3 Å². The summed E-state index contributed by atoms with van der Waals surface area (Å²) in [5.41, 5.74) is -2.15. The van der Waals surface area contributed by atoms with Crippen molar-refractivity contribution < 1.29 is 0 Å². The number of hydrogen-bond donors (Lipinski definition) is 0. The molecule has 6 nitrogen and oxygen atoms in total. The molecule has 12 heteroatoms. The molecule has 1 heterocycles. The second-order valence-electron chi connectivity index (χ2n) is 7.67. The largest absolute Gasteiger partial charge is 0.336 e. The fourth-order valence-electron chi connectivity index (χ4n) is 3.22. The van der Waals surface area contributed by atoms with Crippen LogP contribution >= 0.6 is 69.6 Å². The SMILES string of the molecule is O=c1n(CC2CC2(Cl)Cl)c(=O)n(CC2CC2(Cl)Cl)c(=O)n1CC1CC1(Cl)Cl. The molecule has 0 radical (unpaired) electrons. The highest BCUT2D eigenvalue weighted by atomic mass is 35.5. The second-order valence-corrected chi connectivity index (χ2v) is 12.3. The zero-order chi connectivity index (χ0) is 19.9. The van der Waals surface area contributed by atoms with Crippen LogP contribution in [-0.2, 0) is 19.6 Å². The summed E-state index contributed by atoms with van der Waals surface area (Å²) in [6.45, 7) is 0.0835. The molecule has 0 aliphatic heterocycles. The fraction of sp³-hybridized carbons (Fsp3) is 0.800. The molecular formula is C15H15Cl6N3O3. The third-order valence-corrected chi connectivity index (χ3v) is 8.24. The highest BCUT2D eigenvalue weighted by molar-refractivity contribution is 6.51. The van der Waals surface area contributed by atoms with Crippen molar-refractivity contribution in [3.8, 4) is 0 Å². The Labute approximate surface area is 183 Å². The first-order valence-electron chi connectivity index (χ1n) is 8.41. The second kappa shape index (κ2) is 6.32. The van der Waals surface area contributed by atoms with Gasteiger partial charge in [0.25, 0.3) is 0 Å². The molecule has 0 saturated heterocycles. The Balaban J connectivity index is 1.74. The lowest BCUT2D eigenvalue weighted by molar-refractivity contribution is 0.411. The Hall–Kier alpha value is 0.150. The first kappa shape index (κ1) is 20.4. The minimum Gasteiger partial charge on any atom is -0.247 e.